The summed E-state index contributed by atoms with van der Waals surface area (Å²) in [6.07, 6.45) is 11.4. The zero-order valence-electron chi connectivity index (χ0n) is 15.3. The smallest absolute Gasteiger partial charge is 0.220 e. The van der Waals surface area contributed by atoms with Crippen molar-refractivity contribution in [2.24, 2.45) is 0 Å². The molecular weight excluding hydrogens is 336 g/mol. The van der Waals surface area contributed by atoms with Gasteiger partial charge in [0.15, 0.2) is 0 Å². The maximum atomic E-state index is 11.9. The second-order valence-electron chi connectivity index (χ2n) is 6.43. The molecule has 142 valence electrons. The fraction of sp³-hybridized carbons (Fsp3) is 0.684. The average Bonchev–Trinajstić information content (AvgIpc) is 2.61. The van der Waals surface area contributed by atoms with E-state index >= 15 is 0 Å². The minimum atomic E-state index is -0.208. The van der Waals surface area contributed by atoms with Crippen molar-refractivity contribution in [3.05, 3.63) is 23.0 Å². The molecule has 0 unspecified atom stereocenters. The number of nitrogens with one attached hydrogen (secondary N) is 1. The number of carbonyl (C=O) groups is 1. The van der Waals surface area contributed by atoms with Gasteiger partial charge in [0.05, 0.1) is 12.3 Å². The van der Waals surface area contributed by atoms with Gasteiger partial charge < -0.3 is 15.5 Å². The number of aryl methyl sites for hydroxylation is 1. The van der Waals surface area contributed by atoms with Crippen LogP contribution in [-0.4, -0.2) is 26.9 Å². The number of rotatable bonds is 13. The van der Waals surface area contributed by atoms with E-state index in [-0.39, 0.29) is 24.8 Å². The van der Waals surface area contributed by atoms with Gasteiger partial charge in [0.25, 0.3) is 0 Å². The minimum Gasteiger partial charge on any atom is -0.506 e. The van der Waals surface area contributed by atoms with Gasteiger partial charge in [-0.15, -0.1) is 0 Å². The summed E-state index contributed by atoms with van der Waals surface area (Å²) >= 11 is 4.21. The Morgan fingerprint density at radius 3 is 2.32 bits per heavy atom. The predicted octanol–water partition coefficient (Wildman–Crippen LogP) is 3.64. The van der Waals surface area contributed by atoms with Crippen molar-refractivity contribution in [2.75, 3.05) is 5.75 Å². The van der Waals surface area contributed by atoms with E-state index < -0.39 is 0 Å². The Bertz CT molecular complexity index is 524. The first kappa shape index (κ1) is 21.8. The molecule has 3 N–H and O–H groups in total. The molecule has 0 aliphatic carbocycles. The van der Waals surface area contributed by atoms with E-state index in [4.69, 9.17) is 0 Å². The van der Waals surface area contributed by atoms with E-state index in [0.717, 1.165) is 18.6 Å². The van der Waals surface area contributed by atoms with Crippen molar-refractivity contribution < 1.29 is 15.0 Å². The summed E-state index contributed by atoms with van der Waals surface area (Å²) in [5, 5.41) is 22.2. The highest BCUT2D eigenvalue weighted by atomic mass is 32.1. The van der Waals surface area contributed by atoms with Crippen LogP contribution in [0.3, 0.4) is 0 Å². The molecule has 0 aliphatic heterocycles. The van der Waals surface area contributed by atoms with Crippen molar-refractivity contribution in [1.29, 1.82) is 0 Å². The lowest BCUT2D eigenvalue weighted by molar-refractivity contribution is -0.121. The van der Waals surface area contributed by atoms with E-state index in [2.05, 4.69) is 22.9 Å². The number of aliphatic hydroxyl groups is 1. The Hall–Kier alpha value is -1.27. The largest absolute Gasteiger partial charge is 0.506 e. The van der Waals surface area contributed by atoms with Gasteiger partial charge in [0, 0.05) is 30.3 Å². The fourth-order valence-corrected chi connectivity index (χ4v) is 2.97. The third-order valence-corrected chi connectivity index (χ3v) is 4.69. The summed E-state index contributed by atoms with van der Waals surface area (Å²) in [7, 11) is 0. The van der Waals surface area contributed by atoms with Crippen molar-refractivity contribution in [2.45, 2.75) is 77.9 Å². The summed E-state index contributed by atoms with van der Waals surface area (Å²) < 4.78 is 0. The highest BCUT2D eigenvalue weighted by Gasteiger charge is 2.12. The fourth-order valence-electron chi connectivity index (χ4n) is 2.75. The van der Waals surface area contributed by atoms with Crippen LogP contribution in [0.2, 0.25) is 0 Å². The van der Waals surface area contributed by atoms with Crippen LogP contribution in [-0.2, 0) is 17.9 Å². The molecule has 1 heterocycles. The van der Waals surface area contributed by atoms with Gasteiger partial charge in [-0.2, -0.15) is 12.6 Å². The summed E-state index contributed by atoms with van der Waals surface area (Å²) in [4.78, 5) is 16.0. The van der Waals surface area contributed by atoms with Crippen LogP contribution in [0.5, 0.6) is 5.75 Å². The number of amides is 1. The molecule has 0 spiro atoms. The average molecular weight is 369 g/mol. The van der Waals surface area contributed by atoms with Crippen LogP contribution in [0.25, 0.3) is 0 Å². The van der Waals surface area contributed by atoms with Crippen LogP contribution >= 0.6 is 12.6 Å². The quantitative estimate of drug-likeness (QED) is 0.316. The van der Waals surface area contributed by atoms with Gasteiger partial charge in [-0.25, -0.2) is 0 Å². The SMILES string of the molecule is Cc1ncc(CO)c(CNC(=O)CCCCCCCCCCS)c1O. The topological polar surface area (TPSA) is 82.5 Å². The van der Waals surface area contributed by atoms with Crippen molar-refractivity contribution in [3.8, 4) is 5.75 Å². The van der Waals surface area contributed by atoms with Crippen LogP contribution in [0, 0.1) is 6.92 Å². The van der Waals surface area contributed by atoms with Crippen LogP contribution in [0.15, 0.2) is 6.20 Å². The van der Waals surface area contributed by atoms with E-state index in [0.29, 0.717) is 23.2 Å². The number of hydrogen-bond donors (Lipinski definition) is 4. The molecule has 0 bridgehead atoms. The molecule has 25 heavy (non-hydrogen) atoms. The molecule has 0 saturated carbocycles. The molecule has 5 nitrogen and oxygen atoms in total. The number of aliphatic hydroxyl groups excluding tert-OH is 1. The van der Waals surface area contributed by atoms with Gasteiger partial charge in [0.2, 0.25) is 5.91 Å². The number of carbonyl (C=O) groups excluding carboxylic acids is 1. The van der Waals surface area contributed by atoms with E-state index in [1.54, 1.807) is 6.92 Å². The number of nitrogens with zero attached hydrogens (tertiary/aromatic N) is 1. The maximum Gasteiger partial charge on any atom is 0.220 e. The lowest BCUT2D eigenvalue weighted by Gasteiger charge is -2.12. The summed E-state index contributed by atoms with van der Waals surface area (Å²) in [6, 6.07) is 0. The maximum absolute atomic E-state index is 11.9. The Morgan fingerprint density at radius 1 is 1.12 bits per heavy atom. The third-order valence-electron chi connectivity index (χ3n) is 4.37. The molecule has 6 heteroatoms. The molecule has 0 aromatic carbocycles. The molecule has 0 saturated heterocycles. The highest BCUT2D eigenvalue weighted by Crippen LogP contribution is 2.23. The monoisotopic (exact) mass is 368 g/mol. The van der Waals surface area contributed by atoms with Crippen LogP contribution in [0.4, 0.5) is 0 Å². The summed E-state index contributed by atoms with van der Waals surface area (Å²) in [6.45, 7) is 1.70. The van der Waals surface area contributed by atoms with Crippen molar-refractivity contribution >= 4 is 18.5 Å². The Labute approximate surface area is 156 Å². The molecule has 0 aliphatic rings. The molecule has 0 atom stereocenters. The molecule has 0 radical (unpaired) electrons. The lowest BCUT2D eigenvalue weighted by atomic mass is 10.1. The van der Waals surface area contributed by atoms with Crippen molar-refractivity contribution in [3.63, 3.8) is 0 Å². The summed E-state index contributed by atoms with van der Waals surface area (Å²) in [5.41, 5.74) is 1.58. The molecular formula is C19H32N2O3S. The summed E-state index contributed by atoms with van der Waals surface area (Å²) in [5.74, 6) is 1.00. The number of aromatic hydroxyl groups is 1. The van der Waals surface area contributed by atoms with Gasteiger partial charge >= 0.3 is 0 Å². The van der Waals surface area contributed by atoms with Gasteiger partial charge in [-0.3, -0.25) is 9.78 Å². The lowest BCUT2D eigenvalue weighted by Crippen LogP contribution is -2.23. The number of hydrogen-bond acceptors (Lipinski definition) is 5. The number of aromatic nitrogens is 1. The van der Waals surface area contributed by atoms with Crippen molar-refractivity contribution in [1.82, 2.24) is 10.3 Å². The number of unbranched alkanes of at least 4 members (excludes halogenated alkanes) is 7. The number of thiol groups is 1. The molecule has 1 aromatic rings. The Balaban J connectivity index is 2.18. The van der Waals surface area contributed by atoms with Gasteiger partial charge in [-0.1, -0.05) is 38.5 Å². The molecule has 0 fully saturated rings. The van der Waals surface area contributed by atoms with Crippen LogP contribution in [0.1, 0.15) is 74.6 Å². The second kappa shape index (κ2) is 13.0. The first-order valence-electron chi connectivity index (χ1n) is 9.24. The normalized spacial score (nSPS) is 10.8. The molecule has 1 rings (SSSR count). The number of pyridine rings is 1. The first-order valence-corrected chi connectivity index (χ1v) is 9.88. The highest BCUT2D eigenvalue weighted by molar-refractivity contribution is 7.80. The third kappa shape index (κ3) is 8.59. The Kier molecular flexibility index (Phi) is 11.3. The standard InChI is InChI=1S/C19H32N2O3S/c1-15-19(24)17(16(14-22)12-20-15)13-21-18(23)10-8-6-4-2-3-5-7-9-11-25/h12,22,24-25H,2-11,13-14H2,1H3,(H,21,23). The van der Waals surface area contributed by atoms with E-state index in [1.165, 1.54) is 44.7 Å². The van der Waals surface area contributed by atoms with Crippen LogP contribution < -0.4 is 5.32 Å². The van der Waals surface area contributed by atoms with E-state index in [9.17, 15) is 15.0 Å². The van der Waals surface area contributed by atoms with Gasteiger partial charge in [-0.05, 0) is 25.5 Å². The second-order valence-corrected chi connectivity index (χ2v) is 6.88. The molecule has 1 aromatic heterocycles. The zero-order chi connectivity index (χ0) is 18.5. The van der Waals surface area contributed by atoms with E-state index in [1.807, 2.05) is 0 Å². The van der Waals surface area contributed by atoms with Gasteiger partial charge in [0.1, 0.15) is 5.75 Å². The Morgan fingerprint density at radius 2 is 1.72 bits per heavy atom. The predicted molar refractivity (Wildman–Crippen MR) is 104 cm³/mol. The zero-order valence-corrected chi connectivity index (χ0v) is 16.2. The first-order chi connectivity index (χ1) is 12.1. The minimum absolute atomic E-state index is 0.0217. The molecule has 1 amide bonds.